The molecule has 0 amide bonds. The molecular formula is C12H17BrN2O2S. The average Bonchev–Trinajstić information content (AvgIpc) is 2.61. The summed E-state index contributed by atoms with van der Waals surface area (Å²) in [5.41, 5.74) is 0.934. The molecule has 1 aliphatic heterocycles. The molecule has 1 aromatic rings. The van der Waals surface area contributed by atoms with E-state index in [2.05, 4.69) is 21.2 Å². The van der Waals surface area contributed by atoms with Crippen LogP contribution < -0.4 is 5.32 Å². The van der Waals surface area contributed by atoms with Crippen LogP contribution in [-0.2, 0) is 10.0 Å². The van der Waals surface area contributed by atoms with Gasteiger partial charge in [0.2, 0.25) is 10.0 Å². The van der Waals surface area contributed by atoms with Gasteiger partial charge in [-0.05, 0) is 43.7 Å². The van der Waals surface area contributed by atoms with E-state index in [4.69, 9.17) is 0 Å². The number of nitrogens with zero attached hydrogens (tertiary/aromatic N) is 1. The van der Waals surface area contributed by atoms with Crippen LogP contribution in [0.25, 0.3) is 0 Å². The van der Waals surface area contributed by atoms with Crippen molar-refractivity contribution in [3.63, 3.8) is 0 Å². The second-order valence-corrected chi connectivity index (χ2v) is 7.21. The lowest BCUT2D eigenvalue weighted by Crippen LogP contribution is -2.34. The summed E-state index contributed by atoms with van der Waals surface area (Å²) in [7, 11) is -3.35. The molecule has 0 radical (unpaired) electrons. The summed E-state index contributed by atoms with van der Waals surface area (Å²) in [5, 5.41) is 3.21. The number of aryl methyl sites for hydroxylation is 1. The minimum absolute atomic E-state index is 0.380. The molecule has 18 heavy (non-hydrogen) atoms. The molecule has 0 bridgehead atoms. The topological polar surface area (TPSA) is 49.4 Å². The maximum Gasteiger partial charge on any atom is 0.243 e. The summed E-state index contributed by atoms with van der Waals surface area (Å²) in [5.74, 6) is 0. The molecule has 0 aliphatic carbocycles. The van der Waals surface area contributed by atoms with E-state index in [1.165, 1.54) is 0 Å². The van der Waals surface area contributed by atoms with E-state index >= 15 is 0 Å². The maximum atomic E-state index is 12.5. The highest BCUT2D eigenvalue weighted by molar-refractivity contribution is 9.10. The van der Waals surface area contributed by atoms with Gasteiger partial charge in [-0.25, -0.2) is 8.42 Å². The quantitative estimate of drug-likeness (QED) is 0.897. The van der Waals surface area contributed by atoms with Gasteiger partial charge >= 0.3 is 0 Å². The summed E-state index contributed by atoms with van der Waals surface area (Å²) >= 11 is 3.39. The van der Waals surface area contributed by atoms with Crippen LogP contribution in [-0.4, -0.2) is 38.9 Å². The van der Waals surface area contributed by atoms with E-state index < -0.39 is 10.0 Å². The van der Waals surface area contributed by atoms with E-state index in [1.54, 1.807) is 22.5 Å². The first-order chi connectivity index (χ1) is 8.51. The van der Waals surface area contributed by atoms with Gasteiger partial charge in [0, 0.05) is 24.1 Å². The van der Waals surface area contributed by atoms with Crippen molar-refractivity contribution < 1.29 is 8.42 Å². The third-order valence-corrected chi connectivity index (χ3v) is 5.85. The number of benzene rings is 1. The van der Waals surface area contributed by atoms with Crippen molar-refractivity contribution >= 4 is 26.0 Å². The van der Waals surface area contributed by atoms with Gasteiger partial charge < -0.3 is 5.32 Å². The van der Waals surface area contributed by atoms with Gasteiger partial charge in [-0.3, -0.25) is 0 Å². The van der Waals surface area contributed by atoms with E-state index in [-0.39, 0.29) is 0 Å². The van der Waals surface area contributed by atoms with Crippen LogP contribution in [0, 0.1) is 6.92 Å². The molecule has 1 saturated heterocycles. The zero-order valence-corrected chi connectivity index (χ0v) is 12.7. The molecule has 6 heteroatoms. The van der Waals surface area contributed by atoms with Crippen LogP contribution in [0.4, 0.5) is 0 Å². The van der Waals surface area contributed by atoms with Crippen LogP contribution in [0.5, 0.6) is 0 Å². The highest BCUT2D eigenvalue weighted by Crippen LogP contribution is 2.22. The molecule has 0 unspecified atom stereocenters. The summed E-state index contributed by atoms with van der Waals surface area (Å²) in [6, 6.07) is 5.17. The normalized spacial score (nSPS) is 18.6. The lowest BCUT2D eigenvalue weighted by molar-refractivity contribution is 0.432. The molecule has 1 aromatic carbocycles. The molecule has 0 spiro atoms. The maximum absolute atomic E-state index is 12.5. The third-order valence-electron chi connectivity index (χ3n) is 3.07. The Bertz CT molecular complexity index is 523. The Kier molecular flexibility index (Phi) is 4.42. The molecule has 0 aromatic heterocycles. The van der Waals surface area contributed by atoms with Gasteiger partial charge in [-0.2, -0.15) is 4.31 Å². The molecule has 1 N–H and O–H groups in total. The van der Waals surface area contributed by atoms with Crippen LogP contribution in [0.3, 0.4) is 0 Å². The number of rotatable bonds is 2. The summed E-state index contributed by atoms with van der Waals surface area (Å²) < 4.78 is 27.5. The number of nitrogens with one attached hydrogen (secondary N) is 1. The zero-order valence-electron chi connectivity index (χ0n) is 10.3. The van der Waals surface area contributed by atoms with Gasteiger partial charge in [0.1, 0.15) is 0 Å². The summed E-state index contributed by atoms with van der Waals surface area (Å²) in [6.07, 6.45) is 0.856. The number of halogens is 1. The van der Waals surface area contributed by atoms with Gasteiger partial charge in [-0.1, -0.05) is 15.9 Å². The minimum atomic E-state index is -3.35. The van der Waals surface area contributed by atoms with Gasteiger partial charge in [0.25, 0.3) is 0 Å². The standard InChI is InChI=1S/C12H17BrN2O2S/c1-10-9-11(3-4-12(10)13)18(16,17)15-7-2-5-14-6-8-15/h3-4,9,14H,2,5-8H2,1H3. The van der Waals surface area contributed by atoms with Crippen molar-refractivity contribution in [2.24, 2.45) is 0 Å². The minimum Gasteiger partial charge on any atom is -0.315 e. The first-order valence-corrected chi connectivity index (χ1v) is 8.22. The van der Waals surface area contributed by atoms with Crippen molar-refractivity contribution in [2.45, 2.75) is 18.2 Å². The lowest BCUT2D eigenvalue weighted by Gasteiger charge is -2.20. The molecular weight excluding hydrogens is 316 g/mol. The van der Waals surface area contributed by atoms with Crippen molar-refractivity contribution in [1.29, 1.82) is 0 Å². The first-order valence-electron chi connectivity index (χ1n) is 5.99. The van der Waals surface area contributed by atoms with E-state index in [0.717, 1.165) is 29.5 Å². The van der Waals surface area contributed by atoms with Crippen molar-refractivity contribution in [1.82, 2.24) is 9.62 Å². The second kappa shape index (κ2) is 5.69. The predicted octanol–water partition coefficient (Wildman–Crippen LogP) is 1.74. The van der Waals surface area contributed by atoms with Crippen LogP contribution >= 0.6 is 15.9 Å². The fourth-order valence-electron chi connectivity index (χ4n) is 1.99. The summed E-state index contributed by atoms with van der Waals surface area (Å²) in [4.78, 5) is 0.380. The summed E-state index contributed by atoms with van der Waals surface area (Å²) in [6.45, 7) is 4.62. The van der Waals surface area contributed by atoms with Crippen molar-refractivity contribution in [3.05, 3.63) is 28.2 Å². The van der Waals surface area contributed by atoms with Crippen molar-refractivity contribution in [3.8, 4) is 0 Å². The smallest absolute Gasteiger partial charge is 0.243 e. The van der Waals surface area contributed by atoms with Gasteiger partial charge in [0.15, 0.2) is 0 Å². The molecule has 4 nitrogen and oxygen atoms in total. The monoisotopic (exact) mass is 332 g/mol. The van der Waals surface area contributed by atoms with E-state index in [0.29, 0.717) is 18.0 Å². The number of hydrogen-bond acceptors (Lipinski definition) is 3. The van der Waals surface area contributed by atoms with E-state index in [1.807, 2.05) is 6.92 Å². The number of hydrogen-bond donors (Lipinski definition) is 1. The SMILES string of the molecule is Cc1cc(S(=O)(=O)N2CCCNCC2)ccc1Br. The van der Waals surface area contributed by atoms with Gasteiger partial charge in [-0.15, -0.1) is 0 Å². The van der Waals surface area contributed by atoms with Crippen LogP contribution in [0.1, 0.15) is 12.0 Å². The molecule has 2 rings (SSSR count). The molecule has 1 fully saturated rings. The first kappa shape index (κ1) is 14.0. The van der Waals surface area contributed by atoms with E-state index in [9.17, 15) is 8.42 Å². The molecule has 1 heterocycles. The highest BCUT2D eigenvalue weighted by atomic mass is 79.9. The Morgan fingerprint density at radius 3 is 2.78 bits per heavy atom. The zero-order chi connectivity index (χ0) is 13.2. The lowest BCUT2D eigenvalue weighted by atomic mass is 10.2. The molecule has 0 saturated carbocycles. The number of sulfonamides is 1. The third kappa shape index (κ3) is 2.93. The Morgan fingerprint density at radius 2 is 2.06 bits per heavy atom. The predicted molar refractivity (Wildman–Crippen MR) is 75.1 cm³/mol. The molecule has 0 atom stereocenters. The Morgan fingerprint density at radius 1 is 1.28 bits per heavy atom. The molecule has 100 valence electrons. The highest BCUT2D eigenvalue weighted by Gasteiger charge is 2.25. The Balaban J connectivity index is 2.31. The van der Waals surface area contributed by atoms with Crippen molar-refractivity contribution in [2.75, 3.05) is 26.2 Å². The fraction of sp³-hybridized carbons (Fsp3) is 0.500. The largest absolute Gasteiger partial charge is 0.315 e. The Labute approximate surface area is 117 Å². The second-order valence-electron chi connectivity index (χ2n) is 4.42. The van der Waals surface area contributed by atoms with Crippen LogP contribution in [0.2, 0.25) is 0 Å². The van der Waals surface area contributed by atoms with Crippen LogP contribution in [0.15, 0.2) is 27.6 Å². The molecule has 1 aliphatic rings. The Hall–Kier alpha value is -0.430. The fourth-order valence-corrected chi connectivity index (χ4v) is 3.80. The van der Waals surface area contributed by atoms with Gasteiger partial charge in [0.05, 0.1) is 4.90 Å². The average molecular weight is 333 g/mol.